The number of ether oxygens (including phenoxy) is 2. The highest BCUT2D eigenvalue weighted by Gasteiger charge is 2.48. The Morgan fingerprint density at radius 2 is 2.00 bits per heavy atom. The summed E-state index contributed by atoms with van der Waals surface area (Å²) in [5.74, 6) is -0.816. The van der Waals surface area contributed by atoms with Crippen LogP contribution in [0.4, 0.5) is 0 Å². The largest absolute Gasteiger partial charge is 0.464 e. The second-order valence-corrected chi connectivity index (χ2v) is 6.75. The van der Waals surface area contributed by atoms with Gasteiger partial charge in [-0.1, -0.05) is 38.0 Å². The van der Waals surface area contributed by atoms with E-state index in [9.17, 15) is 14.4 Å². The molecular weight excluding hydrogens is 332 g/mol. The van der Waals surface area contributed by atoms with Crippen LogP contribution in [-0.4, -0.2) is 23.1 Å². The minimum absolute atomic E-state index is 0.220. The molecule has 1 aliphatic carbocycles. The molecule has 26 heavy (non-hydrogen) atoms. The number of ketones is 2. The van der Waals surface area contributed by atoms with E-state index in [2.05, 4.69) is 19.9 Å². The van der Waals surface area contributed by atoms with E-state index in [-0.39, 0.29) is 5.57 Å². The molecule has 0 amide bonds. The maximum absolute atomic E-state index is 12.6. The minimum Gasteiger partial charge on any atom is -0.464 e. The Kier molecular flexibility index (Phi) is 5.80. The number of allylic oxidation sites excluding steroid dienone is 6. The maximum Gasteiger partial charge on any atom is 0.304 e. The Morgan fingerprint density at radius 1 is 1.31 bits per heavy atom. The fourth-order valence-corrected chi connectivity index (χ4v) is 2.72. The van der Waals surface area contributed by atoms with Crippen LogP contribution >= 0.6 is 0 Å². The van der Waals surface area contributed by atoms with Crippen LogP contribution in [0.15, 0.2) is 59.1 Å². The number of hydrogen-bond donors (Lipinski definition) is 0. The van der Waals surface area contributed by atoms with Gasteiger partial charge in [0.25, 0.3) is 0 Å². The van der Waals surface area contributed by atoms with Gasteiger partial charge in [0.15, 0.2) is 0 Å². The Balaban J connectivity index is 2.26. The molecule has 138 valence electrons. The van der Waals surface area contributed by atoms with Crippen molar-refractivity contribution in [2.24, 2.45) is 5.92 Å². The van der Waals surface area contributed by atoms with Crippen molar-refractivity contribution in [3.63, 3.8) is 0 Å². The quantitative estimate of drug-likeness (QED) is 0.426. The van der Waals surface area contributed by atoms with Gasteiger partial charge in [-0.3, -0.25) is 14.4 Å². The van der Waals surface area contributed by atoms with Gasteiger partial charge in [0, 0.05) is 6.92 Å². The Hall–Kier alpha value is -2.69. The normalized spacial score (nSPS) is 24.3. The van der Waals surface area contributed by atoms with Gasteiger partial charge < -0.3 is 9.47 Å². The number of esters is 1. The number of hydrogen-bond acceptors (Lipinski definition) is 5. The van der Waals surface area contributed by atoms with Crippen molar-refractivity contribution in [3.05, 3.63) is 59.1 Å². The fourth-order valence-electron chi connectivity index (χ4n) is 2.72. The zero-order valence-corrected chi connectivity index (χ0v) is 15.8. The first-order valence-corrected chi connectivity index (χ1v) is 8.63. The molecule has 2 aliphatic rings. The third kappa shape index (κ3) is 4.10. The van der Waals surface area contributed by atoms with Crippen LogP contribution in [0.3, 0.4) is 0 Å². The summed E-state index contributed by atoms with van der Waals surface area (Å²) in [5.41, 5.74) is -0.0521. The maximum atomic E-state index is 12.6. The number of carbonyl (C=O) groups is 3. The van der Waals surface area contributed by atoms with Crippen molar-refractivity contribution < 1.29 is 23.9 Å². The van der Waals surface area contributed by atoms with Gasteiger partial charge in [-0.15, -0.1) is 0 Å². The lowest BCUT2D eigenvalue weighted by atomic mass is 9.80. The van der Waals surface area contributed by atoms with E-state index in [4.69, 9.17) is 9.47 Å². The highest BCUT2D eigenvalue weighted by molar-refractivity contribution is 6.26. The summed E-state index contributed by atoms with van der Waals surface area (Å²) in [6, 6.07) is 0. The van der Waals surface area contributed by atoms with Crippen molar-refractivity contribution in [1.29, 1.82) is 0 Å². The van der Waals surface area contributed by atoms with Gasteiger partial charge in [0.1, 0.15) is 12.0 Å². The summed E-state index contributed by atoms with van der Waals surface area (Å²) in [7, 11) is 0. The molecule has 0 saturated heterocycles. The molecule has 0 bridgehead atoms. The van der Waals surface area contributed by atoms with Crippen LogP contribution < -0.4 is 0 Å². The number of rotatable bonds is 5. The molecule has 0 spiro atoms. The standard InChI is InChI=1S/C21H24O5/c1-6-13(2)9-14(3)7-8-17-10-16-11-19(23)21(5,26-15(4)22)20(24)18(16)12-25-17/h7-13H,6H2,1-5H3/t13-,21?/m0/s1. The van der Waals surface area contributed by atoms with E-state index in [0.717, 1.165) is 18.9 Å². The van der Waals surface area contributed by atoms with Crippen LogP contribution in [0.25, 0.3) is 0 Å². The predicted molar refractivity (Wildman–Crippen MR) is 97.9 cm³/mol. The molecule has 1 aliphatic heterocycles. The van der Waals surface area contributed by atoms with Crippen molar-refractivity contribution >= 4 is 17.5 Å². The van der Waals surface area contributed by atoms with E-state index in [0.29, 0.717) is 17.3 Å². The third-order valence-corrected chi connectivity index (χ3v) is 4.41. The van der Waals surface area contributed by atoms with Crippen LogP contribution in [-0.2, 0) is 23.9 Å². The van der Waals surface area contributed by atoms with Gasteiger partial charge in [0.05, 0.1) is 5.57 Å². The summed E-state index contributed by atoms with van der Waals surface area (Å²) in [6.45, 7) is 8.74. The lowest BCUT2D eigenvalue weighted by Crippen LogP contribution is -2.50. The van der Waals surface area contributed by atoms with Crippen LogP contribution in [0.5, 0.6) is 0 Å². The van der Waals surface area contributed by atoms with Crippen molar-refractivity contribution in [2.75, 3.05) is 0 Å². The summed E-state index contributed by atoms with van der Waals surface area (Å²) >= 11 is 0. The van der Waals surface area contributed by atoms with E-state index in [1.807, 2.05) is 13.0 Å². The highest BCUT2D eigenvalue weighted by Crippen LogP contribution is 2.33. The first-order chi connectivity index (χ1) is 12.2. The number of fused-ring (bicyclic) bond motifs is 1. The van der Waals surface area contributed by atoms with Crippen LogP contribution in [0.2, 0.25) is 0 Å². The summed E-state index contributed by atoms with van der Waals surface area (Å²) in [4.78, 5) is 36.2. The molecule has 0 aromatic rings. The molecule has 0 N–H and O–H groups in total. The van der Waals surface area contributed by atoms with Gasteiger partial charge in [0.2, 0.25) is 17.2 Å². The van der Waals surface area contributed by atoms with E-state index < -0.39 is 23.1 Å². The highest BCUT2D eigenvalue weighted by atomic mass is 16.6. The zero-order valence-electron chi connectivity index (χ0n) is 15.8. The van der Waals surface area contributed by atoms with E-state index in [1.54, 1.807) is 12.2 Å². The van der Waals surface area contributed by atoms with Gasteiger partial charge in [-0.05, 0) is 43.6 Å². The third-order valence-electron chi connectivity index (χ3n) is 4.41. The van der Waals surface area contributed by atoms with Crippen LogP contribution in [0.1, 0.15) is 41.0 Å². The van der Waals surface area contributed by atoms with Gasteiger partial charge in [-0.2, -0.15) is 0 Å². The Morgan fingerprint density at radius 3 is 2.62 bits per heavy atom. The first kappa shape index (κ1) is 19.6. The average molecular weight is 356 g/mol. The molecular formula is C21H24O5. The molecule has 0 saturated carbocycles. The van der Waals surface area contributed by atoms with Gasteiger partial charge >= 0.3 is 5.97 Å². The van der Waals surface area contributed by atoms with E-state index >= 15 is 0 Å². The molecule has 0 aromatic heterocycles. The molecule has 1 heterocycles. The minimum atomic E-state index is -1.83. The average Bonchev–Trinajstić information content (AvgIpc) is 2.57. The fraction of sp³-hybridized carbons (Fsp3) is 0.381. The second kappa shape index (κ2) is 7.68. The van der Waals surface area contributed by atoms with Crippen molar-refractivity contribution in [1.82, 2.24) is 0 Å². The first-order valence-electron chi connectivity index (χ1n) is 8.63. The topological polar surface area (TPSA) is 69.7 Å². The molecule has 0 aromatic carbocycles. The summed E-state index contributed by atoms with van der Waals surface area (Å²) < 4.78 is 10.5. The second-order valence-electron chi connectivity index (χ2n) is 6.75. The molecule has 2 rings (SSSR count). The zero-order chi connectivity index (χ0) is 19.5. The monoisotopic (exact) mass is 356 g/mol. The Labute approximate surface area is 153 Å². The van der Waals surface area contributed by atoms with Crippen molar-refractivity contribution in [2.45, 2.75) is 46.6 Å². The Bertz CT molecular complexity index is 791. The van der Waals surface area contributed by atoms with Crippen molar-refractivity contribution in [3.8, 4) is 0 Å². The summed E-state index contributed by atoms with van der Waals surface area (Å²) in [6.07, 6.45) is 11.2. The van der Waals surface area contributed by atoms with Crippen LogP contribution in [0, 0.1) is 5.92 Å². The lowest BCUT2D eigenvalue weighted by molar-refractivity contribution is -0.167. The van der Waals surface area contributed by atoms with Gasteiger partial charge in [-0.25, -0.2) is 0 Å². The number of Topliss-reactive ketones (excluding diaryl/α,β-unsaturated/α-hetero) is 1. The smallest absolute Gasteiger partial charge is 0.304 e. The number of carbonyl (C=O) groups excluding carboxylic acids is 3. The molecule has 0 radical (unpaired) electrons. The predicted octanol–water partition coefficient (Wildman–Crippen LogP) is 3.73. The molecule has 5 heteroatoms. The molecule has 1 unspecified atom stereocenters. The van der Waals surface area contributed by atoms with E-state index in [1.165, 1.54) is 19.3 Å². The SMILES string of the molecule is CC[C@H](C)C=C(C)C=CC1=CC2=CC(=O)C(C)(OC(C)=O)C(=O)C2=CO1. The molecule has 2 atom stereocenters. The lowest BCUT2D eigenvalue weighted by Gasteiger charge is -2.30. The molecule has 0 fully saturated rings. The molecule has 5 nitrogen and oxygen atoms in total. The summed E-state index contributed by atoms with van der Waals surface area (Å²) in [5, 5.41) is 0.